The highest BCUT2D eigenvalue weighted by Gasteiger charge is 2.37. The van der Waals surface area contributed by atoms with Crippen molar-refractivity contribution in [3.63, 3.8) is 0 Å². The molecule has 0 heterocycles. The maximum Gasteiger partial charge on any atom is 0.308 e. The van der Waals surface area contributed by atoms with Crippen LogP contribution in [0.25, 0.3) is 0 Å². The number of hydrogen-bond acceptors (Lipinski definition) is 6. The van der Waals surface area contributed by atoms with Gasteiger partial charge in [0.15, 0.2) is 0 Å². The van der Waals surface area contributed by atoms with Crippen LogP contribution in [0.2, 0.25) is 0 Å². The molecule has 0 fully saturated rings. The van der Waals surface area contributed by atoms with E-state index in [9.17, 15) is 4.79 Å². The molecule has 0 radical (unpaired) electrons. The fraction of sp³-hybridized carbons (Fsp3) is 0.958. The van der Waals surface area contributed by atoms with E-state index in [4.69, 9.17) is 23.7 Å². The zero-order chi connectivity index (χ0) is 23.9. The number of carbonyl (C=O) groups excluding carboxylic acids is 1. The molecule has 0 amide bonds. The topological polar surface area (TPSA) is 63.2 Å². The van der Waals surface area contributed by atoms with Gasteiger partial charge in [0.05, 0.1) is 61.7 Å². The van der Waals surface area contributed by atoms with Gasteiger partial charge in [-0.1, -0.05) is 0 Å². The second kappa shape index (κ2) is 11.3. The lowest BCUT2D eigenvalue weighted by Gasteiger charge is -2.39. The zero-order valence-corrected chi connectivity index (χ0v) is 21.7. The molecule has 6 heteroatoms. The quantitative estimate of drug-likeness (QED) is 0.332. The zero-order valence-electron chi connectivity index (χ0n) is 21.7. The molecule has 0 bridgehead atoms. The third kappa shape index (κ3) is 17.0. The van der Waals surface area contributed by atoms with E-state index in [1.54, 1.807) is 0 Å². The number of carbonyl (C=O) groups is 1. The lowest BCUT2D eigenvalue weighted by molar-refractivity contribution is -0.170. The second-order valence-corrected chi connectivity index (χ2v) is 12.1. The summed E-state index contributed by atoms with van der Waals surface area (Å²) in [6, 6.07) is 0. The molecule has 0 aliphatic carbocycles. The molecule has 0 spiro atoms. The van der Waals surface area contributed by atoms with Crippen LogP contribution in [0, 0.1) is 5.41 Å². The molecule has 0 aliphatic heterocycles. The maximum atomic E-state index is 12.0. The largest absolute Gasteiger partial charge is 0.460 e. The molecule has 6 nitrogen and oxygen atoms in total. The SMILES string of the molecule is CC(C)(C)OCC(COCCC(=O)OC(C)(C)C)(COC(C)(C)C)COC(C)(C)C. The minimum absolute atomic E-state index is 0.202. The Morgan fingerprint density at radius 3 is 1.23 bits per heavy atom. The van der Waals surface area contributed by atoms with Gasteiger partial charge < -0.3 is 23.7 Å². The van der Waals surface area contributed by atoms with Gasteiger partial charge in [-0.15, -0.1) is 0 Å². The van der Waals surface area contributed by atoms with Gasteiger partial charge in [0.1, 0.15) is 5.60 Å². The van der Waals surface area contributed by atoms with E-state index in [2.05, 4.69) is 0 Å². The molecular formula is C24H48O6. The van der Waals surface area contributed by atoms with Crippen LogP contribution in [-0.2, 0) is 28.5 Å². The maximum absolute atomic E-state index is 12.0. The van der Waals surface area contributed by atoms with E-state index in [0.717, 1.165) is 0 Å². The first kappa shape index (κ1) is 29.3. The van der Waals surface area contributed by atoms with E-state index in [-0.39, 0.29) is 35.8 Å². The summed E-state index contributed by atoms with van der Waals surface area (Å²) >= 11 is 0. The van der Waals surface area contributed by atoms with Gasteiger partial charge in [-0.05, 0) is 83.1 Å². The van der Waals surface area contributed by atoms with Crippen LogP contribution in [-0.4, -0.2) is 61.4 Å². The van der Waals surface area contributed by atoms with Crippen LogP contribution in [0.5, 0.6) is 0 Å². The van der Waals surface area contributed by atoms with E-state index >= 15 is 0 Å². The van der Waals surface area contributed by atoms with Crippen molar-refractivity contribution in [2.75, 3.05) is 33.0 Å². The predicted molar refractivity (Wildman–Crippen MR) is 121 cm³/mol. The first-order valence-corrected chi connectivity index (χ1v) is 10.9. The van der Waals surface area contributed by atoms with Gasteiger partial charge >= 0.3 is 5.97 Å². The smallest absolute Gasteiger partial charge is 0.308 e. The molecule has 0 atom stereocenters. The third-order valence-electron chi connectivity index (χ3n) is 3.71. The molecule has 0 rings (SSSR count). The Labute approximate surface area is 185 Å². The van der Waals surface area contributed by atoms with Gasteiger partial charge in [-0.25, -0.2) is 0 Å². The Kier molecular flexibility index (Phi) is 11.0. The van der Waals surface area contributed by atoms with Crippen molar-refractivity contribution in [3.8, 4) is 0 Å². The Bertz CT molecular complexity index is 454. The normalized spacial score (nSPS) is 14.1. The average Bonchev–Trinajstić information content (AvgIpc) is 2.48. The van der Waals surface area contributed by atoms with Crippen molar-refractivity contribution in [1.29, 1.82) is 0 Å². The monoisotopic (exact) mass is 432 g/mol. The number of esters is 1. The van der Waals surface area contributed by atoms with Crippen molar-refractivity contribution >= 4 is 5.97 Å². The van der Waals surface area contributed by atoms with Crippen LogP contribution < -0.4 is 0 Å². The molecule has 0 saturated carbocycles. The molecule has 0 aromatic heterocycles. The van der Waals surface area contributed by atoms with E-state index in [1.165, 1.54) is 0 Å². The number of rotatable bonds is 11. The fourth-order valence-electron chi connectivity index (χ4n) is 2.20. The summed E-state index contributed by atoms with van der Waals surface area (Å²) in [6.45, 7) is 25.7. The predicted octanol–water partition coefficient (Wildman–Crippen LogP) is 5.17. The Hall–Kier alpha value is -0.690. The Morgan fingerprint density at radius 1 is 0.567 bits per heavy atom. The van der Waals surface area contributed by atoms with Gasteiger partial charge in [0.25, 0.3) is 0 Å². The van der Waals surface area contributed by atoms with Gasteiger partial charge in [0, 0.05) is 0 Å². The van der Waals surface area contributed by atoms with Crippen molar-refractivity contribution in [3.05, 3.63) is 0 Å². The highest BCUT2D eigenvalue weighted by molar-refractivity contribution is 5.69. The van der Waals surface area contributed by atoms with Crippen molar-refractivity contribution in [1.82, 2.24) is 0 Å². The minimum Gasteiger partial charge on any atom is -0.460 e. The summed E-state index contributed by atoms with van der Waals surface area (Å²) in [4.78, 5) is 12.0. The van der Waals surface area contributed by atoms with Gasteiger partial charge in [-0.2, -0.15) is 0 Å². The highest BCUT2D eigenvalue weighted by atomic mass is 16.6. The molecule has 0 N–H and O–H groups in total. The van der Waals surface area contributed by atoms with E-state index < -0.39 is 11.0 Å². The molecule has 0 aliphatic rings. The summed E-state index contributed by atoms with van der Waals surface area (Å²) < 4.78 is 29.7. The van der Waals surface area contributed by atoms with Gasteiger partial charge in [0.2, 0.25) is 0 Å². The standard InChI is InChI=1S/C24H48O6/c1-20(2,3)27-16-24(17-28-21(4,5)6,18-29-22(7,8)9)15-26-14-13-19(25)30-23(10,11)12/h13-18H2,1-12H3. The van der Waals surface area contributed by atoms with Crippen LogP contribution in [0.4, 0.5) is 0 Å². The second-order valence-electron chi connectivity index (χ2n) is 12.1. The van der Waals surface area contributed by atoms with E-state index in [1.807, 2.05) is 83.1 Å². The fourth-order valence-corrected chi connectivity index (χ4v) is 2.20. The molecule has 0 aromatic carbocycles. The van der Waals surface area contributed by atoms with E-state index in [0.29, 0.717) is 26.4 Å². The van der Waals surface area contributed by atoms with Gasteiger partial charge in [-0.3, -0.25) is 4.79 Å². The summed E-state index contributed by atoms with van der Waals surface area (Å²) in [5.41, 5.74) is -1.90. The average molecular weight is 433 g/mol. The molecule has 0 aromatic rings. The highest BCUT2D eigenvalue weighted by Crippen LogP contribution is 2.27. The first-order chi connectivity index (χ1) is 13.2. The van der Waals surface area contributed by atoms with Crippen LogP contribution in [0.1, 0.15) is 89.5 Å². The lowest BCUT2D eigenvalue weighted by atomic mass is 9.91. The molecule has 0 unspecified atom stereocenters. The molecule has 180 valence electrons. The van der Waals surface area contributed by atoms with Crippen LogP contribution in [0.15, 0.2) is 0 Å². The van der Waals surface area contributed by atoms with Crippen molar-refractivity contribution in [2.24, 2.45) is 5.41 Å². The summed E-state index contributed by atoms with van der Waals surface area (Å²) in [5, 5.41) is 0. The summed E-state index contributed by atoms with van der Waals surface area (Å²) in [6.07, 6.45) is 0.202. The summed E-state index contributed by atoms with van der Waals surface area (Å²) in [7, 11) is 0. The first-order valence-electron chi connectivity index (χ1n) is 10.9. The molecule has 0 saturated heterocycles. The van der Waals surface area contributed by atoms with Crippen LogP contribution >= 0.6 is 0 Å². The number of hydrogen-bond donors (Lipinski definition) is 0. The Morgan fingerprint density at radius 2 is 0.933 bits per heavy atom. The summed E-state index contributed by atoms with van der Waals surface area (Å²) in [5.74, 6) is -0.268. The van der Waals surface area contributed by atoms with Crippen molar-refractivity contribution < 1.29 is 28.5 Å². The lowest BCUT2D eigenvalue weighted by Crippen LogP contribution is -2.46. The minimum atomic E-state index is -0.498. The third-order valence-corrected chi connectivity index (χ3v) is 3.71. The molecular weight excluding hydrogens is 384 g/mol. The number of ether oxygens (including phenoxy) is 5. The Balaban J connectivity index is 5.22. The van der Waals surface area contributed by atoms with Crippen molar-refractivity contribution in [2.45, 2.75) is 112 Å². The molecule has 30 heavy (non-hydrogen) atoms. The van der Waals surface area contributed by atoms with Crippen LogP contribution in [0.3, 0.4) is 0 Å².